The molecular weight excluding hydrogens is 200 g/mol. The molecule has 1 aliphatic rings. The number of ketones is 1. The van der Waals surface area contributed by atoms with Gasteiger partial charge in [0.25, 0.3) is 0 Å². The Morgan fingerprint density at radius 3 is 2.86 bits per heavy atom. The van der Waals surface area contributed by atoms with Crippen LogP contribution in [0.25, 0.3) is 0 Å². The molecule has 1 aromatic carbocycles. The van der Waals surface area contributed by atoms with Crippen LogP contribution in [0.15, 0.2) is 17.0 Å². The average molecular weight is 208 g/mol. The standard InChI is InChI=1S/C10H8O3S/c1-5-6(10(12)13)2-3-7-8(11)4-14-9(5)7/h2-3H,4H2,1H3,(H,12,13). The Hall–Kier alpha value is -1.29. The van der Waals surface area contributed by atoms with Gasteiger partial charge in [0.15, 0.2) is 5.78 Å². The summed E-state index contributed by atoms with van der Waals surface area (Å²) < 4.78 is 0. The highest BCUT2D eigenvalue weighted by Gasteiger charge is 2.24. The smallest absolute Gasteiger partial charge is 0.335 e. The van der Waals surface area contributed by atoms with Gasteiger partial charge in [0.1, 0.15) is 0 Å². The molecule has 0 atom stereocenters. The van der Waals surface area contributed by atoms with E-state index in [2.05, 4.69) is 0 Å². The van der Waals surface area contributed by atoms with E-state index in [9.17, 15) is 9.59 Å². The first kappa shape index (κ1) is 9.27. The van der Waals surface area contributed by atoms with Gasteiger partial charge in [0.2, 0.25) is 0 Å². The third kappa shape index (κ3) is 1.23. The summed E-state index contributed by atoms with van der Waals surface area (Å²) in [5.41, 5.74) is 1.65. The van der Waals surface area contributed by atoms with Crippen LogP contribution < -0.4 is 0 Å². The quantitative estimate of drug-likeness (QED) is 0.766. The molecule has 72 valence electrons. The molecule has 1 N–H and O–H groups in total. The van der Waals surface area contributed by atoms with Crippen molar-refractivity contribution in [3.8, 4) is 0 Å². The number of Topliss-reactive ketones (excluding diaryl/α,β-unsaturated/α-hetero) is 1. The summed E-state index contributed by atoms with van der Waals surface area (Å²) in [7, 11) is 0. The molecule has 14 heavy (non-hydrogen) atoms. The Labute approximate surface area is 85.1 Å². The molecule has 0 unspecified atom stereocenters. The topological polar surface area (TPSA) is 54.4 Å². The van der Waals surface area contributed by atoms with Gasteiger partial charge in [0, 0.05) is 10.5 Å². The Morgan fingerprint density at radius 2 is 2.21 bits per heavy atom. The lowest BCUT2D eigenvalue weighted by Crippen LogP contribution is -2.02. The fourth-order valence-corrected chi connectivity index (χ4v) is 2.64. The normalized spacial score (nSPS) is 14.2. The fourth-order valence-electron chi connectivity index (χ4n) is 1.54. The van der Waals surface area contributed by atoms with E-state index in [-0.39, 0.29) is 11.3 Å². The third-order valence-electron chi connectivity index (χ3n) is 2.28. The summed E-state index contributed by atoms with van der Waals surface area (Å²) in [5, 5.41) is 8.87. The van der Waals surface area contributed by atoms with Gasteiger partial charge in [-0.05, 0) is 24.6 Å². The van der Waals surface area contributed by atoms with Gasteiger partial charge in [-0.2, -0.15) is 0 Å². The second-order valence-electron chi connectivity index (χ2n) is 3.13. The van der Waals surface area contributed by atoms with E-state index < -0.39 is 5.97 Å². The molecule has 1 heterocycles. The lowest BCUT2D eigenvalue weighted by Gasteiger charge is -2.05. The van der Waals surface area contributed by atoms with Gasteiger partial charge in [-0.25, -0.2) is 4.79 Å². The predicted octanol–water partition coefficient (Wildman–Crippen LogP) is 1.98. The summed E-state index contributed by atoms with van der Waals surface area (Å²) in [6, 6.07) is 3.11. The average Bonchev–Trinajstić information content (AvgIpc) is 2.49. The maximum Gasteiger partial charge on any atom is 0.335 e. The molecule has 1 aromatic rings. The highest BCUT2D eigenvalue weighted by Crippen LogP contribution is 2.35. The molecule has 3 nitrogen and oxygen atoms in total. The number of benzene rings is 1. The van der Waals surface area contributed by atoms with Gasteiger partial charge in [-0.1, -0.05) is 0 Å². The Morgan fingerprint density at radius 1 is 1.50 bits per heavy atom. The molecule has 0 amide bonds. The van der Waals surface area contributed by atoms with Crippen LogP contribution in [0.4, 0.5) is 0 Å². The first-order valence-electron chi connectivity index (χ1n) is 4.14. The van der Waals surface area contributed by atoms with Gasteiger partial charge in [-0.3, -0.25) is 4.79 Å². The highest BCUT2D eigenvalue weighted by atomic mass is 32.2. The Kier molecular flexibility index (Phi) is 2.07. The van der Waals surface area contributed by atoms with Crippen molar-refractivity contribution in [3.05, 3.63) is 28.8 Å². The monoisotopic (exact) mass is 208 g/mol. The van der Waals surface area contributed by atoms with E-state index in [0.29, 0.717) is 16.9 Å². The number of hydrogen-bond acceptors (Lipinski definition) is 3. The molecule has 0 aromatic heterocycles. The van der Waals surface area contributed by atoms with Gasteiger partial charge >= 0.3 is 5.97 Å². The maximum atomic E-state index is 11.3. The first-order chi connectivity index (χ1) is 6.61. The number of carbonyl (C=O) groups excluding carboxylic acids is 1. The minimum Gasteiger partial charge on any atom is -0.478 e. The number of carbonyl (C=O) groups is 2. The molecule has 0 saturated carbocycles. The second kappa shape index (κ2) is 3.13. The molecule has 2 rings (SSSR count). The summed E-state index contributed by atoms with van der Waals surface area (Å²) in [5.74, 6) is -0.422. The van der Waals surface area contributed by atoms with E-state index in [1.165, 1.54) is 17.8 Å². The molecule has 0 spiro atoms. The van der Waals surface area contributed by atoms with Crippen molar-refractivity contribution >= 4 is 23.5 Å². The van der Waals surface area contributed by atoms with Crippen molar-refractivity contribution in [2.45, 2.75) is 11.8 Å². The van der Waals surface area contributed by atoms with Crippen LogP contribution in [-0.4, -0.2) is 22.6 Å². The van der Waals surface area contributed by atoms with Crippen molar-refractivity contribution in [1.29, 1.82) is 0 Å². The lowest BCUT2D eigenvalue weighted by molar-refractivity contribution is 0.0695. The van der Waals surface area contributed by atoms with Gasteiger partial charge < -0.3 is 5.11 Å². The first-order valence-corrected chi connectivity index (χ1v) is 5.12. The second-order valence-corrected chi connectivity index (χ2v) is 4.12. The van der Waals surface area contributed by atoms with Crippen molar-refractivity contribution in [2.75, 3.05) is 5.75 Å². The summed E-state index contributed by atoms with van der Waals surface area (Å²) in [6.45, 7) is 1.74. The van der Waals surface area contributed by atoms with Crippen molar-refractivity contribution < 1.29 is 14.7 Å². The minimum absolute atomic E-state index is 0.0880. The van der Waals surface area contributed by atoms with Crippen LogP contribution >= 0.6 is 11.8 Å². The summed E-state index contributed by atoms with van der Waals surface area (Å²) in [4.78, 5) is 23.0. The van der Waals surface area contributed by atoms with Crippen LogP contribution in [-0.2, 0) is 0 Å². The van der Waals surface area contributed by atoms with E-state index in [0.717, 1.165) is 4.90 Å². The van der Waals surface area contributed by atoms with E-state index >= 15 is 0 Å². The lowest BCUT2D eigenvalue weighted by atomic mass is 10.0. The number of hydrogen-bond donors (Lipinski definition) is 1. The van der Waals surface area contributed by atoms with Crippen molar-refractivity contribution in [1.82, 2.24) is 0 Å². The molecule has 0 fully saturated rings. The number of aromatic carboxylic acids is 1. The van der Waals surface area contributed by atoms with Crippen LogP contribution in [0, 0.1) is 6.92 Å². The highest BCUT2D eigenvalue weighted by molar-refractivity contribution is 8.00. The van der Waals surface area contributed by atoms with Crippen molar-refractivity contribution in [3.63, 3.8) is 0 Å². The Bertz CT molecular complexity index is 437. The number of rotatable bonds is 1. The molecule has 0 bridgehead atoms. The number of thioether (sulfide) groups is 1. The van der Waals surface area contributed by atoms with Crippen LogP contribution in [0.3, 0.4) is 0 Å². The zero-order valence-corrected chi connectivity index (χ0v) is 8.35. The maximum absolute atomic E-state index is 11.3. The largest absolute Gasteiger partial charge is 0.478 e. The number of carboxylic acids is 1. The SMILES string of the molecule is Cc1c(C(=O)O)ccc2c1SCC2=O. The van der Waals surface area contributed by atoms with Crippen LogP contribution in [0.5, 0.6) is 0 Å². The molecule has 0 saturated heterocycles. The van der Waals surface area contributed by atoms with E-state index in [1.54, 1.807) is 13.0 Å². The zero-order valence-electron chi connectivity index (χ0n) is 7.53. The predicted molar refractivity (Wildman–Crippen MR) is 53.2 cm³/mol. The molecular formula is C10H8O3S. The number of carboxylic acid groups (broad SMARTS) is 1. The summed E-state index contributed by atoms with van der Waals surface area (Å²) in [6.07, 6.45) is 0. The minimum atomic E-state index is -0.940. The van der Waals surface area contributed by atoms with Crippen molar-refractivity contribution in [2.24, 2.45) is 0 Å². The summed E-state index contributed by atoms with van der Waals surface area (Å²) >= 11 is 1.42. The molecule has 0 radical (unpaired) electrons. The van der Waals surface area contributed by atoms with E-state index in [1.807, 2.05) is 0 Å². The molecule has 1 aliphatic heterocycles. The number of fused-ring (bicyclic) bond motifs is 1. The molecule has 4 heteroatoms. The zero-order chi connectivity index (χ0) is 10.3. The fraction of sp³-hybridized carbons (Fsp3) is 0.200. The van der Waals surface area contributed by atoms with Crippen LogP contribution in [0.2, 0.25) is 0 Å². The molecule has 0 aliphatic carbocycles. The van der Waals surface area contributed by atoms with E-state index in [4.69, 9.17) is 5.11 Å². The van der Waals surface area contributed by atoms with Gasteiger partial charge in [-0.15, -0.1) is 11.8 Å². The Balaban J connectivity index is 2.64. The third-order valence-corrected chi connectivity index (χ3v) is 3.51. The van der Waals surface area contributed by atoms with Crippen LogP contribution in [0.1, 0.15) is 26.3 Å². The van der Waals surface area contributed by atoms with Gasteiger partial charge in [0.05, 0.1) is 11.3 Å².